The first kappa shape index (κ1) is 7.84. The average molecular weight is 164 g/mol. The zero-order valence-corrected chi connectivity index (χ0v) is 7.83. The summed E-state index contributed by atoms with van der Waals surface area (Å²) >= 11 is 0. The molecule has 66 valence electrons. The molecule has 1 aromatic heterocycles. The van der Waals surface area contributed by atoms with Crippen molar-refractivity contribution in [2.24, 2.45) is 11.8 Å². The van der Waals surface area contributed by atoms with Crippen molar-refractivity contribution in [1.29, 1.82) is 0 Å². The maximum atomic E-state index is 4.26. The Labute approximate surface area is 73.6 Å². The Morgan fingerprint density at radius 3 is 2.92 bits per heavy atom. The summed E-state index contributed by atoms with van der Waals surface area (Å²) in [6.45, 7) is 5.52. The van der Waals surface area contributed by atoms with Crippen molar-refractivity contribution in [3.8, 4) is 0 Å². The third-order valence-corrected chi connectivity index (χ3v) is 2.77. The first-order valence-corrected chi connectivity index (χ1v) is 4.75. The summed E-state index contributed by atoms with van der Waals surface area (Å²) in [7, 11) is 0. The summed E-state index contributed by atoms with van der Waals surface area (Å²) in [6.07, 6.45) is 6.78. The summed E-state index contributed by atoms with van der Waals surface area (Å²) < 4.78 is 2.06. The topological polar surface area (TPSA) is 17.8 Å². The van der Waals surface area contributed by atoms with Gasteiger partial charge in [0.25, 0.3) is 0 Å². The van der Waals surface area contributed by atoms with Crippen LogP contribution in [0.25, 0.3) is 0 Å². The highest BCUT2D eigenvalue weighted by atomic mass is 15.3. The molecule has 0 N–H and O–H groups in total. The van der Waals surface area contributed by atoms with E-state index in [1.54, 1.807) is 0 Å². The van der Waals surface area contributed by atoms with Crippen molar-refractivity contribution in [3.05, 3.63) is 18.0 Å². The average Bonchev–Trinajstić information content (AvgIpc) is 2.56. The molecule has 1 heterocycles. The number of hydrogen-bond acceptors (Lipinski definition) is 1. The maximum Gasteiger partial charge on any atom is 0.0518 e. The van der Waals surface area contributed by atoms with Crippen molar-refractivity contribution >= 4 is 0 Å². The molecule has 2 heteroatoms. The van der Waals surface area contributed by atoms with Gasteiger partial charge in [0.15, 0.2) is 0 Å². The summed E-state index contributed by atoms with van der Waals surface area (Å²) in [6, 6.07) is 0. The van der Waals surface area contributed by atoms with Gasteiger partial charge in [0, 0.05) is 12.7 Å². The van der Waals surface area contributed by atoms with Crippen LogP contribution in [0.4, 0.5) is 0 Å². The monoisotopic (exact) mass is 164 g/mol. The van der Waals surface area contributed by atoms with Crippen LogP contribution in [0, 0.1) is 18.8 Å². The molecule has 0 amide bonds. The molecule has 0 spiro atoms. The van der Waals surface area contributed by atoms with Crippen LogP contribution in [0.5, 0.6) is 0 Å². The van der Waals surface area contributed by atoms with E-state index in [-0.39, 0.29) is 0 Å². The zero-order valence-electron chi connectivity index (χ0n) is 7.83. The Hall–Kier alpha value is -0.790. The fourth-order valence-corrected chi connectivity index (χ4v) is 1.69. The lowest BCUT2D eigenvalue weighted by Crippen LogP contribution is -1.99. The fourth-order valence-electron chi connectivity index (χ4n) is 1.69. The minimum absolute atomic E-state index is 0.974. The van der Waals surface area contributed by atoms with Gasteiger partial charge in [-0.2, -0.15) is 5.10 Å². The Morgan fingerprint density at radius 2 is 2.42 bits per heavy atom. The Balaban J connectivity index is 1.80. The van der Waals surface area contributed by atoms with E-state index in [9.17, 15) is 0 Å². The van der Waals surface area contributed by atoms with Crippen molar-refractivity contribution < 1.29 is 0 Å². The fraction of sp³-hybridized carbons (Fsp3) is 0.700. The van der Waals surface area contributed by atoms with E-state index in [4.69, 9.17) is 0 Å². The molecule has 0 aliphatic heterocycles. The number of nitrogens with zero attached hydrogens (tertiary/aromatic N) is 2. The lowest BCUT2D eigenvalue weighted by molar-refractivity contribution is 0.531. The van der Waals surface area contributed by atoms with E-state index in [1.165, 1.54) is 18.4 Å². The van der Waals surface area contributed by atoms with E-state index in [0.717, 1.165) is 18.4 Å². The van der Waals surface area contributed by atoms with Crippen LogP contribution in [-0.4, -0.2) is 9.78 Å². The van der Waals surface area contributed by atoms with Crippen molar-refractivity contribution in [2.75, 3.05) is 0 Å². The SMILES string of the molecule is Cc1cnn(CCC2CC2C)c1. The predicted octanol–water partition coefficient (Wildman–Crippen LogP) is 2.24. The largest absolute Gasteiger partial charge is 0.272 e. The second-order valence-corrected chi connectivity index (χ2v) is 4.04. The van der Waals surface area contributed by atoms with Gasteiger partial charge < -0.3 is 0 Å². The smallest absolute Gasteiger partial charge is 0.0518 e. The summed E-state index contributed by atoms with van der Waals surface area (Å²) in [5.74, 6) is 1.95. The van der Waals surface area contributed by atoms with Gasteiger partial charge in [0.2, 0.25) is 0 Å². The molecule has 2 rings (SSSR count). The number of aryl methyl sites for hydroxylation is 2. The lowest BCUT2D eigenvalue weighted by atomic mass is 10.2. The second-order valence-electron chi connectivity index (χ2n) is 4.04. The lowest BCUT2D eigenvalue weighted by Gasteiger charge is -1.98. The normalized spacial score (nSPS) is 27.5. The molecule has 0 bridgehead atoms. The molecule has 1 aromatic rings. The van der Waals surface area contributed by atoms with Crippen molar-refractivity contribution in [1.82, 2.24) is 9.78 Å². The minimum Gasteiger partial charge on any atom is -0.272 e. The van der Waals surface area contributed by atoms with Gasteiger partial charge in [-0.15, -0.1) is 0 Å². The van der Waals surface area contributed by atoms with Gasteiger partial charge >= 0.3 is 0 Å². The van der Waals surface area contributed by atoms with Gasteiger partial charge in [-0.3, -0.25) is 4.68 Å². The van der Waals surface area contributed by atoms with E-state index in [0.29, 0.717) is 0 Å². The number of hydrogen-bond donors (Lipinski definition) is 0. The van der Waals surface area contributed by atoms with Gasteiger partial charge in [-0.1, -0.05) is 6.92 Å². The number of aromatic nitrogens is 2. The Morgan fingerprint density at radius 1 is 1.67 bits per heavy atom. The molecule has 0 saturated heterocycles. The Bertz CT molecular complexity index is 265. The summed E-state index contributed by atoms with van der Waals surface area (Å²) in [5, 5.41) is 4.26. The molecule has 1 fully saturated rings. The quantitative estimate of drug-likeness (QED) is 0.670. The zero-order chi connectivity index (χ0) is 8.55. The first-order chi connectivity index (χ1) is 5.75. The minimum atomic E-state index is 0.974. The van der Waals surface area contributed by atoms with Crippen LogP contribution in [0.15, 0.2) is 12.4 Å². The van der Waals surface area contributed by atoms with Gasteiger partial charge in [-0.05, 0) is 37.2 Å². The molecule has 0 aromatic carbocycles. The molecule has 2 unspecified atom stereocenters. The first-order valence-electron chi connectivity index (χ1n) is 4.75. The van der Waals surface area contributed by atoms with E-state index < -0.39 is 0 Å². The standard InChI is InChI=1S/C10H16N2/c1-8-6-11-12(7-8)4-3-10-5-9(10)2/h6-7,9-10H,3-5H2,1-2H3. The maximum absolute atomic E-state index is 4.26. The molecule has 2 atom stereocenters. The molecule has 1 aliphatic carbocycles. The molecule has 12 heavy (non-hydrogen) atoms. The molecule has 2 nitrogen and oxygen atoms in total. The van der Waals surface area contributed by atoms with E-state index >= 15 is 0 Å². The van der Waals surface area contributed by atoms with Crippen LogP contribution < -0.4 is 0 Å². The van der Waals surface area contributed by atoms with Gasteiger partial charge in [0.1, 0.15) is 0 Å². The highest BCUT2D eigenvalue weighted by Crippen LogP contribution is 2.40. The van der Waals surface area contributed by atoms with E-state index in [2.05, 4.69) is 29.8 Å². The second kappa shape index (κ2) is 2.92. The van der Waals surface area contributed by atoms with Gasteiger partial charge in [0.05, 0.1) is 6.20 Å². The number of rotatable bonds is 3. The van der Waals surface area contributed by atoms with Crippen LogP contribution in [0.2, 0.25) is 0 Å². The molecular formula is C10H16N2. The summed E-state index contributed by atoms with van der Waals surface area (Å²) in [4.78, 5) is 0. The highest BCUT2D eigenvalue weighted by Gasteiger charge is 2.31. The van der Waals surface area contributed by atoms with Crippen LogP contribution in [-0.2, 0) is 6.54 Å². The molecule has 1 saturated carbocycles. The van der Waals surface area contributed by atoms with Gasteiger partial charge in [-0.25, -0.2) is 0 Å². The third kappa shape index (κ3) is 1.68. The molecule has 1 aliphatic rings. The third-order valence-electron chi connectivity index (χ3n) is 2.77. The summed E-state index contributed by atoms with van der Waals surface area (Å²) in [5.41, 5.74) is 1.26. The Kier molecular flexibility index (Phi) is 1.91. The van der Waals surface area contributed by atoms with Crippen LogP contribution >= 0.6 is 0 Å². The predicted molar refractivity (Wildman–Crippen MR) is 48.9 cm³/mol. The van der Waals surface area contributed by atoms with Crippen molar-refractivity contribution in [3.63, 3.8) is 0 Å². The molecular weight excluding hydrogens is 148 g/mol. The van der Waals surface area contributed by atoms with E-state index in [1.807, 2.05) is 6.20 Å². The molecule has 0 radical (unpaired) electrons. The van der Waals surface area contributed by atoms with Crippen molar-refractivity contribution in [2.45, 2.75) is 33.2 Å². The highest BCUT2D eigenvalue weighted by molar-refractivity contribution is 4.99. The van der Waals surface area contributed by atoms with Crippen LogP contribution in [0.3, 0.4) is 0 Å². The van der Waals surface area contributed by atoms with Crippen LogP contribution in [0.1, 0.15) is 25.3 Å².